The molecule has 0 aliphatic carbocycles. The van der Waals surface area contributed by atoms with Gasteiger partial charge >= 0.3 is 0 Å². The molecule has 3 aromatic rings. The number of nitrogens with zero attached hydrogens (tertiary/aromatic N) is 2. The Labute approximate surface area is 177 Å². The van der Waals surface area contributed by atoms with E-state index in [0.717, 1.165) is 31.7 Å². The molecule has 2 aliphatic rings. The number of piperidine rings is 1. The van der Waals surface area contributed by atoms with Crippen molar-refractivity contribution >= 4 is 11.6 Å². The molecule has 2 aliphatic heterocycles. The minimum absolute atomic E-state index is 0.0479. The molecule has 0 unspecified atom stereocenters. The third kappa shape index (κ3) is 3.05. The first kappa shape index (κ1) is 18.8. The Hall–Kier alpha value is -3.21. The Bertz CT molecular complexity index is 1080. The Morgan fingerprint density at radius 1 is 1.03 bits per heavy atom. The van der Waals surface area contributed by atoms with Crippen LogP contribution >= 0.6 is 0 Å². The van der Waals surface area contributed by atoms with E-state index < -0.39 is 0 Å². The number of fused-ring (bicyclic) bond motifs is 4. The van der Waals surface area contributed by atoms with Gasteiger partial charge in [-0.2, -0.15) is 0 Å². The van der Waals surface area contributed by atoms with Crippen LogP contribution in [0.1, 0.15) is 29.7 Å². The number of ether oxygens (including phenoxy) is 1. The number of aryl methyl sites for hydroxylation is 1. The van der Waals surface area contributed by atoms with Crippen molar-refractivity contribution in [1.29, 1.82) is 0 Å². The van der Waals surface area contributed by atoms with E-state index in [2.05, 4.69) is 54.2 Å². The van der Waals surface area contributed by atoms with Gasteiger partial charge in [0.05, 0.1) is 16.9 Å². The molecule has 1 aromatic heterocycles. The first-order valence-corrected chi connectivity index (χ1v) is 10.6. The lowest BCUT2D eigenvalue weighted by Gasteiger charge is -2.46. The number of para-hydroxylation sites is 1. The van der Waals surface area contributed by atoms with Gasteiger partial charge in [0.2, 0.25) is 0 Å². The molecule has 1 N–H and O–H groups in total. The number of benzene rings is 2. The van der Waals surface area contributed by atoms with Gasteiger partial charge in [0.15, 0.2) is 6.61 Å². The molecule has 5 heteroatoms. The molecule has 1 saturated heterocycles. The van der Waals surface area contributed by atoms with E-state index in [9.17, 15) is 4.79 Å². The number of carbonyl (C=O) groups excluding carboxylic acids is 1. The van der Waals surface area contributed by atoms with Crippen LogP contribution in [0.3, 0.4) is 0 Å². The topological polar surface area (TPSA) is 46.5 Å². The predicted octanol–water partition coefficient (Wildman–Crippen LogP) is 4.42. The number of likely N-dealkylation sites (tertiary alicyclic amines) is 1. The fourth-order valence-corrected chi connectivity index (χ4v) is 4.77. The smallest absolute Gasteiger partial charge is 0.260 e. The highest BCUT2D eigenvalue weighted by Gasteiger charge is 2.42. The molecule has 1 spiro atoms. The second kappa shape index (κ2) is 7.24. The summed E-state index contributed by atoms with van der Waals surface area (Å²) in [5.74, 6) is 0.778. The maximum atomic E-state index is 12.7. The predicted molar refractivity (Wildman–Crippen MR) is 118 cm³/mol. The molecule has 0 saturated carbocycles. The fraction of sp³-hybridized carbons (Fsp3) is 0.320. The van der Waals surface area contributed by atoms with Gasteiger partial charge in [-0.05, 0) is 68.1 Å². The number of carbonyl (C=O) groups is 1. The summed E-state index contributed by atoms with van der Waals surface area (Å²) in [4.78, 5) is 14.6. The molecule has 0 atom stereocenters. The summed E-state index contributed by atoms with van der Waals surface area (Å²) >= 11 is 0. The van der Waals surface area contributed by atoms with E-state index in [1.165, 1.54) is 28.2 Å². The van der Waals surface area contributed by atoms with E-state index in [4.69, 9.17) is 4.74 Å². The highest BCUT2D eigenvalue weighted by Crippen LogP contribution is 2.44. The van der Waals surface area contributed by atoms with Crippen molar-refractivity contribution in [2.24, 2.45) is 0 Å². The molecule has 0 radical (unpaired) electrons. The van der Waals surface area contributed by atoms with E-state index in [0.29, 0.717) is 0 Å². The van der Waals surface area contributed by atoms with E-state index in [-0.39, 0.29) is 18.1 Å². The van der Waals surface area contributed by atoms with Crippen LogP contribution in [0.4, 0.5) is 5.69 Å². The molecule has 1 amide bonds. The molecule has 30 heavy (non-hydrogen) atoms. The van der Waals surface area contributed by atoms with Crippen molar-refractivity contribution in [2.45, 2.75) is 32.2 Å². The number of amides is 1. The molecule has 3 heterocycles. The quantitative estimate of drug-likeness (QED) is 0.707. The van der Waals surface area contributed by atoms with Crippen LogP contribution in [0.15, 0.2) is 60.8 Å². The lowest BCUT2D eigenvalue weighted by molar-refractivity contribution is -0.134. The average molecular weight is 402 g/mol. The highest BCUT2D eigenvalue weighted by atomic mass is 16.5. The summed E-state index contributed by atoms with van der Waals surface area (Å²) in [5.41, 5.74) is 6.17. The van der Waals surface area contributed by atoms with Crippen LogP contribution < -0.4 is 10.1 Å². The monoisotopic (exact) mass is 401 g/mol. The van der Waals surface area contributed by atoms with Crippen LogP contribution in [0.2, 0.25) is 0 Å². The molecule has 5 rings (SSSR count). The SMILES string of the molecule is Cc1ccc2c(c1C)-n1cccc1C1(CCN(C(=O)COc3ccccc3)CC1)N2. The van der Waals surface area contributed by atoms with Gasteiger partial charge in [0, 0.05) is 25.0 Å². The van der Waals surface area contributed by atoms with Gasteiger partial charge in [-0.15, -0.1) is 0 Å². The lowest BCUT2D eigenvalue weighted by atomic mass is 9.82. The van der Waals surface area contributed by atoms with Crippen molar-refractivity contribution < 1.29 is 9.53 Å². The van der Waals surface area contributed by atoms with Gasteiger partial charge in [0.1, 0.15) is 5.75 Å². The van der Waals surface area contributed by atoms with Gasteiger partial charge in [-0.1, -0.05) is 24.3 Å². The van der Waals surface area contributed by atoms with Gasteiger partial charge in [-0.25, -0.2) is 0 Å². The summed E-state index contributed by atoms with van der Waals surface area (Å²) in [6.45, 7) is 5.86. The van der Waals surface area contributed by atoms with Crippen LogP contribution in [0.25, 0.3) is 5.69 Å². The van der Waals surface area contributed by atoms with Crippen molar-refractivity contribution in [3.05, 3.63) is 77.6 Å². The first-order valence-electron chi connectivity index (χ1n) is 10.6. The standard InChI is InChI=1S/C25H27N3O2/c1-18-10-11-21-24(19(18)2)28-14-6-9-22(28)25(26-21)12-15-27(16-13-25)23(29)17-30-20-7-4-3-5-8-20/h3-11,14,26H,12-13,15-17H2,1-2H3. The minimum atomic E-state index is -0.144. The number of rotatable bonds is 3. The maximum Gasteiger partial charge on any atom is 0.260 e. The maximum absolute atomic E-state index is 12.7. The van der Waals surface area contributed by atoms with Crippen molar-refractivity contribution in [1.82, 2.24) is 9.47 Å². The third-order valence-electron chi connectivity index (χ3n) is 6.63. The molecular weight excluding hydrogens is 374 g/mol. The van der Waals surface area contributed by atoms with Crippen LogP contribution in [-0.2, 0) is 10.3 Å². The zero-order valence-electron chi connectivity index (χ0n) is 17.5. The molecular formula is C25H27N3O2. The lowest BCUT2D eigenvalue weighted by Crippen LogP contribution is -2.51. The average Bonchev–Trinajstić information content (AvgIpc) is 3.27. The van der Waals surface area contributed by atoms with E-state index >= 15 is 0 Å². The minimum Gasteiger partial charge on any atom is -0.484 e. The molecule has 1 fully saturated rings. The number of hydrogen-bond donors (Lipinski definition) is 1. The number of aromatic nitrogens is 1. The zero-order chi connectivity index (χ0) is 20.7. The summed E-state index contributed by atoms with van der Waals surface area (Å²) < 4.78 is 8.00. The van der Waals surface area contributed by atoms with Crippen molar-refractivity contribution in [3.63, 3.8) is 0 Å². The summed E-state index contributed by atoms with van der Waals surface area (Å²) in [7, 11) is 0. The summed E-state index contributed by atoms with van der Waals surface area (Å²) in [5, 5.41) is 3.85. The van der Waals surface area contributed by atoms with Crippen LogP contribution in [-0.4, -0.2) is 35.1 Å². The molecule has 5 nitrogen and oxygen atoms in total. The number of anilines is 1. The van der Waals surface area contributed by atoms with Crippen molar-refractivity contribution in [2.75, 3.05) is 25.0 Å². The molecule has 154 valence electrons. The first-order chi connectivity index (χ1) is 14.6. The zero-order valence-corrected chi connectivity index (χ0v) is 17.5. The van der Waals surface area contributed by atoms with Crippen LogP contribution in [0.5, 0.6) is 5.75 Å². The fourth-order valence-electron chi connectivity index (χ4n) is 4.77. The third-order valence-corrected chi connectivity index (χ3v) is 6.63. The number of hydrogen-bond acceptors (Lipinski definition) is 3. The molecule has 0 bridgehead atoms. The van der Waals surface area contributed by atoms with Gasteiger partial charge < -0.3 is 19.5 Å². The van der Waals surface area contributed by atoms with Gasteiger partial charge in [-0.3, -0.25) is 4.79 Å². The Kier molecular flexibility index (Phi) is 4.54. The number of nitrogens with one attached hydrogen (secondary N) is 1. The summed E-state index contributed by atoms with van der Waals surface area (Å²) in [6.07, 6.45) is 3.91. The highest BCUT2D eigenvalue weighted by molar-refractivity contribution is 5.78. The summed E-state index contributed by atoms with van der Waals surface area (Å²) in [6, 6.07) is 18.2. The molecule has 2 aromatic carbocycles. The second-order valence-electron chi connectivity index (χ2n) is 8.36. The van der Waals surface area contributed by atoms with E-state index in [1.54, 1.807) is 0 Å². The van der Waals surface area contributed by atoms with Crippen molar-refractivity contribution in [3.8, 4) is 11.4 Å². The Balaban J connectivity index is 1.32. The Morgan fingerprint density at radius 3 is 2.57 bits per heavy atom. The van der Waals surface area contributed by atoms with E-state index in [1.807, 2.05) is 35.2 Å². The Morgan fingerprint density at radius 2 is 1.80 bits per heavy atom. The van der Waals surface area contributed by atoms with Crippen LogP contribution in [0, 0.1) is 13.8 Å². The second-order valence-corrected chi connectivity index (χ2v) is 8.36. The normalized spacial score (nSPS) is 16.5. The van der Waals surface area contributed by atoms with Gasteiger partial charge in [0.25, 0.3) is 5.91 Å². The largest absolute Gasteiger partial charge is 0.484 e.